The van der Waals surface area contributed by atoms with Crippen molar-refractivity contribution in [1.29, 1.82) is 0 Å². The number of rotatable bonds is 5. The van der Waals surface area contributed by atoms with Crippen molar-refractivity contribution in [3.05, 3.63) is 30.1 Å². The normalized spacial score (nSPS) is 27.1. The molecule has 1 N–H and O–H groups in total. The zero-order valence-corrected chi connectivity index (χ0v) is 11.6. The molecule has 2 rings (SSSR count). The fourth-order valence-electron chi connectivity index (χ4n) is 2.98. The van der Waals surface area contributed by atoms with Crippen molar-refractivity contribution in [2.75, 3.05) is 13.2 Å². The highest BCUT2D eigenvalue weighted by molar-refractivity contribution is 5.12. The molecule has 0 bridgehead atoms. The Morgan fingerprint density at radius 3 is 2.89 bits per heavy atom. The summed E-state index contributed by atoms with van der Waals surface area (Å²) in [5.74, 6) is 1.00. The summed E-state index contributed by atoms with van der Waals surface area (Å²) in [5, 5.41) is 3.63. The molecule has 1 aliphatic heterocycles. The van der Waals surface area contributed by atoms with E-state index in [0.717, 1.165) is 19.6 Å². The van der Waals surface area contributed by atoms with Crippen LogP contribution in [0.1, 0.15) is 38.8 Å². The molecule has 2 heterocycles. The molecule has 0 spiro atoms. The molecular formula is C15H24N2O. The van der Waals surface area contributed by atoms with Gasteiger partial charge in [-0.15, -0.1) is 0 Å². The average Bonchev–Trinajstić information content (AvgIpc) is 2.82. The predicted octanol–water partition coefficient (Wildman–Crippen LogP) is 2.59. The lowest BCUT2D eigenvalue weighted by atomic mass is 9.83. The van der Waals surface area contributed by atoms with Crippen LogP contribution >= 0.6 is 0 Å². The SMILES string of the molecule is CCNC(C(C)c1ccccn1)C1CCOC1C. The second-order valence-electron chi connectivity index (χ2n) is 5.16. The van der Waals surface area contributed by atoms with Gasteiger partial charge in [-0.3, -0.25) is 4.98 Å². The van der Waals surface area contributed by atoms with Crippen molar-refractivity contribution in [2.24, 2.45) is 5.92 Å². The van der Waals surface area contributed by atoms with E-state index in [-0.39, 0.29) is 0 Å². The smallest absolute Gasteiger partial charge is 0.0591 e. The van der Waals surface area contributed by atoms with E-state index >= 15 is 0 Å². The van der Waals surface area contributed by atoms with Gasteiger partial charge in [-0.1, -0.05) is 19.9 Å². The van der Waals surface area contributed by atoms with Crippen LogP contribution in [0, 0.1) is 5.92 Å². The van der Waals surface area contributed by atoms with Gasteiger partial charge in [0, 0.05) is 36.4 Å². The Morgan fingerprint density at radius 1 is 1.50 bits per heavy atom. The average molecular weight is 248 g/mol. The van der Waals surface area contributed by atoms with Crippen molar-refractivity contribution in [1.82, 2.24) is 10.3 Å². The fourth-order valence-corrected chi connectivity index (χ4v) is 2.98. The van der Waals surface area contributed by atoms with E-state index in [0.29, 0.717) is 24.0 Å². The third-order valence-electron chi connectivity index (χ3n) is 4.03. The zero-order chi connectivity index (χ0) is 13.0. The lowest BCUT2D eigenvalue weighted by Gasteiger charge is -2.31. The molecule has 0 aromatic carbocycles. The number of pyridine rings is 1. The van der Waals surface area contributed by atoms with Crippen LogP contribution in [0.25, 0.3) is 0 Å². The molecule has 0 saturated carbocycles. The maximum Gasteiger partial charge on any atom is 0.0591 e. The van der Waals surface area contributed by atoms with Gasteiger partial charge in [0.05, 0.1) is 6.10 Å². The zero-order valence-electron chi connectivity index (χ0n) is 11.6. The lowest BCUT2D eigenvalue weighted by Crippen LogP contribution is -2.43. The molecule has 0 radical (unpaired) electrons. The number of aromatic nitrogens is 1. The second-order valence-corrected chi connectivity index (χ2v) is 5.16. The van der Waals surface area contributed by atoms with Crippen molar-refractivity contribution in [3.8, 4) is 0 Å². The Balaban J connectivity index is 2.14. The summed E-state index contributed by atoms with van der Waals surface area (Å²) in [5.41, 5.74) is 1.17. The van der Waals surface area contributed by atoms with E-state index in [1.54, 1.807) is 0 Å². The van der Waals surface area contributed by atoms with Gasteiger partial charge in [0.25, 0.3) is 0 Å². The monoisotopic (exact) mass is 248 g/mol. The minimum Gasteiger partial charge on any atom is -0.378 e. The standard InChI is InChI=1S/C15H24N2O/c1-4-16-15(13-8-10-18-12(13)3)11(2)14-7-5-6-9-17-14/h5-7,9,11-13,15-16H,4,8,10H2,1-3H3. The second kappa shape index (κ2) is 6.30. The molecule has 100 valence electrons. The highest BCUT2D eigenvalue weighted by atomic mass is 16.5. The third-order valence-corrected chi connectivity index (χ3v) is 4.03. The van der Waals surface area contributed by atoms with Crippen molar-refractivity contribution < 1.29 is 4.74 Å². The number of hydrogen-bond donors (Lipinski definition) is 1. The maximum absolute atomic E-state index is 5.72. The van der Waals surface area contributed by atoms with Crippen LogP contribution in [0.2, 0.25) is 0 Å². The largest absolute Gasteiger partial charge is 0.378 e. The van der Waals surface area contributed by atoms with E-state index in [1.165, 1.54) is 5.69 Å². The topological polar surface area (TPSA) is 34.2 Å². The number of likely N-dealkylation sites (N-methyl/N-ethyl adjacent to an activating group) is 1. The summed E-state index contributed by atoms with van der Waals surface area (Å²) in [6.45, 7) is 8.50. The van der Waals surface area contributed by atoms with Crippen LogP contribution in [-0.4, -0.2) is 30.3 Å². The van der Waals surface area contributed by atoms with Gasteiger partial charge in [-0.05, 0) is 32.0 Å². The Labute approximate surface area is 110 Å². The van der Waals surface area contributed by atoms with Crippen molar-refractivity contribution in [3.63, 3.8) is 0 Å². The molecule has 4 unspecified atom stereocenters. The quantitative estimate of drug-likeness (QED) is 0.869. The molecule has 18 heavy (non-hydrogen) atoms. The van der Waals surface area contributed by atoms with Gasteiger partial charge in [0.15, 0.2) is 0 Å². The Hall–Kier alpha value is -0.930. The van der Waals surface area contributed by atoms with Crippen LogP contribution in [-0.2, 0) is 4.74 Å². The summed E-state index contributed by atoms with van der Waals surface area (Å²) in [6, 6.07) is 6.61. The highest BCUT2D eigenvalue weighted by Gasteiger charge is 2.35. The molecule has 1 saturated heterocycles. The van der Waals surface area contributed by atoms with Crippen LogP contribution < -0.4 is 5.32 Å². The highest BCUT2D eigenvalue weighted by Crippen LogP contribution is 2.31. The van der Waals surface area contributed by atoms with Gasteiger partial charge in [0.1, 0.15) is 0 Å². The Morgan fingerprint density at radius 2 is 2.33 bits per heavy atom. The van der Waals surface area contributed by atoms with Crippen LogP contribution in [0.3, 0.4) is 0 Å². The number of nitrogens with zero attached hydrogens (tertiary/aromatic N) is 1. The number of nitrogens with one attached hydrogen (secondary N) is 1. The van der Waals surface area contributed by atoms with E-state index in [9.17, 15) is 0 Å². The number of hydrogen-bond acceptors (Lipinski definition) is 3. The molecule has 0 aliphatic carbocycles. The van der Waals surface area contributed by atoms with E-state index in [4.69, 9.17) is 4.74 Å². The molecule has 1 aliphatic rings. The van der Waals surface area contributed by atoms with Crippen molar-refractivity contribution in [2.45, 2.75) is 45.3 Å². The van der Waals surface area contributed by atoms with Gasteiger partial charge < -0.3 is 10.1 Å². The summed E-state index contributed by atoms with van der Waals surface area (Å²) >= 11 is 0. The molecular weight excluding hydrogens is 224 g/mol. The maximum atomic E-state index is 5.72. The summed E-state index contributed by atoms with van der Waals surface area (Å²) < 4.78 is 5.72. The van der Waals surface area contributed by atoms with E-state index < -0.39 is 0 Å². The van der Waals surface area contributed by atoms with E-state index in [2.05, 4.69) is 43.2 Å². The first-order chi connectivity index (χ1) is 8.74. The molecule has 1 aromatic heterocycles. The van der Waals surface area contributed by atoms with E-state index in [1.807, 2.05) is 12.3 Å². The summed E-state index contributed by atoms with van der Waals surface area (Å²) in [4.78, 5) is 4.50. The van der Waals surface area contributed by atoms with Gasteiger partial charge in [0.2, 0.25) is 0 Å². The molecule has 1 aromatic rings. The predicted molar refractivity (Wildman–Crippen MR) is 73.6 cm³/mol. The molecule has 0 amide bonds. The minimum atomic E-state index is 0.347. The first-order valence-electron chi connectivity index (χ1n) is 7.00. The minimum absolute atomic E-state index is 0.347. The Bertz CT molecular complexity index is 355. The lowest BCUT2D eigenvalue weighted by molar-refractivity contribution is 0.0925. The van der Waals surface area contributed by atoms with Crippen LogP contribution in [0.4, 0.5) is 0 Å². The summed E-state index contributed by atoms with van der Waals surface area (Å²) in [6.07, 6.45) is 3.37. The van der Waals surface area contributed by atoms with Crippen LogP contribution in [0.15, 0.2) is 24.4 Å². The first kappa shape index (κ1) is 13.5. The third kappa shape index (κ3) is 2.90. The Kier molecular flexibility index (Phi) is 4.72. The summed E-state index contributed by atoms with van der Waals surface area (Å²) in [7, 11) is 0. The van der Waals surface area contributed by atoms with Crippen molar-refractivity contribution >= 4 is 0 Å². The van der Waals surface area contributed by atoms with Gasteiger partial charge in [-0.2, -0.15) is 0 Å². The fraction of sp³-hybridized carbons (Fsp3) is 0.667. The van der Waals surface area contributed by atoms with Crippen LogP contribution in [0.5, 0.6) is 0 Å². The number of ether oxygens (including phenoxy) is 1. The molecule has 4 atom stereocenters. The first-order valence-corrected chi connectivity index (χ1v) is 7.00. The molecule has 3 nitrogen and oxygen atoms in total. The molecule has 1 fully saturated rings. The molecule has 3 heteroatoms. The van der Waals surface area contributed by atoms with Gasteiger partial charge >= 0.3 is 0 Å². The van der Waals surface area contributed by atoms with Gasteiger partial charge in [-0.25, -0.2) is 0 Å².